The highest BCUT2D eigenvalue weighted by Crippen LogP contribution is 2.30. The van der Waals surface area contributed by atoms with Crippen LogP contribution >= 0.6 is 0 Å². The molecule has 0 fully saturated rings. The number of nitrogens with one attached hydrogen (secondary N) is 1. The Morgan fingerprint density at radius 3 is 2.41 bits per heavy atom. The van der Waals surface area contributed by atoms with Crippen LogP contribution in [0.3, 0.4) is 0 Å². The molecule has 170 valence electrons. The zero-order valence-electron chi connectivity index (χ0n) is 19.1. The van der Waals surface area contributed by atoms with Crippen LogP contribution in [-0.4, -0.2) is 39.9 Å². The number of hydrogen-bond acceptors (Lipinski definition) is 6. The first-order chi connectivity index (χ1) is 15.6. The van der Waals surface area contributed by atoms with Crippen molar-refractivity contribution >= 4 is 12.0 Å². The quantitative estimate of drug-likeness (QED) is 0.395. The molecule has 0 aliphatic carbocycles. The fourth-order valence-corrected chi connectivity index (χ4v) is 2.98. The highest BCUT2D eigenvalue weighted by atomic mass is 16.5. The lowest BCUT2D eigenvalue weighted by Crippen LogP contribution is -2.26. The van der Waals surface area contributed by atoms with Gasteiger partial charge in [-0.1, -0.05) is 19.1 Å². The van der Waals surface area contributed by atoms with Crippen LogP contribution in [-0.2, 0) is 11.2 Å². The third-order valence-electron chi connectivity index (χ3n) is 4.55. The number of nitrogens with zero attached hydrogens (tertiary/aromatic N) is 1. The summed E-state index contributed by atoms with van der Waals surface area (Å²) in [6.45, 7) is 5.36. The summed E-state index contributed by atoms with van der Waals surface area (Å²) in [5.74, 6) is 2.07. The van der Waals surface area contributed by atoms with Crippen molar-refractivity contribution in [3.05, 3.63) is 53.1 Å². The number of methoxy groups -OCH3 is 2. The number of amides is 1. The first kappa shape index (κ1) is 24.6. The van der Waals surface area contributed by atoms with Gasteiger partial charge in [-0.15, -0.1) is 0 Å². The maximum absolute atomic E-state index is 12.5. The Bertz CT molecular complexity index is 979. The van der Waals surface area contributed by atoms with E-state index in [2.05, 4.69) is 5.32 Å². The first-order valence-corrected chi connectivity index (χ1v) is 10.6. The van der Waals surface area contributed by atoms with Crippen LogP contribution in [0.5, 0.6) is 23.0 Å². The maximum atomic E-state index is 12.5. The number of hydrogen-bond donors (Lipinski definition) is 1. The van der Waals surface area contributed by atoms with Crippen LogP contribution in [0.25, 0.3) is 6.08 Å². The van der Waals surface area contributed by atoms with Crippen molar-refractivity contribution in [3.63, 3.8) is 0 Å². The number of benzene rings is 2. The van der Waals surface area contributed by atoms with Crippen molar-refractivity contribution < 1.29 is 23.7 Å². The molecule has 0 bridgehead atoms. The summed E-state index contributed by atoms with van der Waals surface area (Å²) in [5.41, 5.74) is 1.68. The van der Waals surface area contributed by atoms with Crippen molar-refractivity contribution in [2.45, 2.75) is 26.7 Å². The van der Waals surface area contributed by atoms with Gasteiger partial charge in [-0.25, -0.2) is 0 Å². The Hall–Kier alpha value is -3.66. The van der Waals surface area contributed by atoms with Crippen LogP contribution in [0, 0.1) is 11.3 Å². The van der Waals surface area contributed by atoms with Crippen molar-refractivity contribution in [1.82, 2.24) is 5.32 Å². The average Bonchev–Trinajstić information content (AvgIpc) is 2.81. The van der Waals surface area contributed by atoms with Gasteiger partial charge in [0.05, 0.1) is 27.4 Å². The van der Waals surface area contributed by atoms with E-state index in [0.717, 1.165) is 12.0 Å². The minimum Gasteiger partial charge on any atom is -0.493 e. The minimum absolute atomic E-state index is 0.0157. The molecule has 1 N–H and O–H groups in total. The molecule has 0 aliphatic rings. The van der Waals surface area contributed by atoms with Crippen molar-refractivity contribution in [2.24, 2.45) is 0 Å². The second-order valence-electron chi connectivity index (χ2n) is 6.85. The van der Waals surface area contributed by atoms with Gasteiger partial charge in [0.1, 0.15) is 11.6 Å². The Labute approximate surface area is 189 Å². The van der Waals surface area contributed by atoms with Gasteiger partial charge in [0.2, 0.25) is 0 Å². The van der Waals surface area contributed by atoms with Crippen molar-refractivity contribution in [2.75, 3.05) is 34.0 Å². The van der Waals surface area contributed by atoms with E-state index in [0.29, 0.717) is 54.7 Å². The monoisotopic (exact) mass is 438 g/mol. The summed E-state index contributed by atoms with van der Waals surface area (Å²) in [4.78, 5) is 12.5. The number of ether oxygens (including phenoxy) is 4. The lowest BCUT2D eigenvalue weighted by Gasteiger charge is -2.12. The molecule has 0 radical (unpaired) electrons. The molecule has 7 nitrogen and oxygen atoms in total. The summed E-state index contributed by atoms with van der Waals surface area (Å²) in [7, 11) is 3.16. The Morgan fingerprint density at radius 2 is 1.75 bits per heavy atom. The number of nitriles is 1. The normalized spacial score (nSPS) is 10.8. The maximum Gasteiger partial charge on any atom is 0.261 e. The molecule has 0 saturated carbocycles. The van der Waals surface area contributed by atoms with E-state index in [1.54, 1.807) is 32.4 Å². The molecule has 0 atom stereocenters. The molecule has 1 amide bonds. The number of rotatable bonds is 12. The van der Waals surface area contributed by atoms with E-state index >= 15 is 0 Å². The molecular weight excluding hydrogens is 408 g/mol. The first-order valence-electron chi connectivity index (χ1n) is 10.6. The van der Waals surface area contributed by atoms with Gasteiger partial charge >= 0.3 is 0 Å². The summed E-state index contributed by atoms with van der Waals surface area (Å²) in [6, 6.07) is 12.9. The van der Waals surface area contributed by atoms with Crippen molar-refractivity contribution in [1.29, 1.82) is 5.26 Å². The minimum atomic E-state index is -0.433. The molecule has 7 heteroatoms. The molecule has 0 aliphatic heterocycles. The Balaban J connectivity index is 2.05. The highest BCUT2D eigenvalue weighted by molar-refractivity contribution is 6.01. The molecule has 0 heterocycles. The zero-order valence-corrected chi connectivity index (χ0v) is 19.1. The topological polar surface area (TPSA) is 89.8 Å². The van der Waals surface area contributed by atoms with Crippen LogP contribution in [0.4, 0.5) is 0 Å². The molecule has 0 spiro atoms. The third-order valence-corrected chi connectivity index (χ3v) is 4.55. The SMILES string of the molecule is CCCOc1ccc(/C=C(/C#N)C(=O)NCCc2ccc(OC)c(OC)c2)cc1OCC. The summed E-state index contributed by atoms with van der Waals surface area (Å²) < 4.78 is 21.9. The van der Waals surface area contributed by atoms with E-state index in [-0.39, 0.29) is 5.57 Å². The number of carbonyl (C=O) groups excluding carboxylic acids is 1. The van der Waals surface area contributed by atoms with Gasteiger partial charge in [-0.3, -0.25) is 4.79 Å². The predicted octanol–water partition coefficient (Wildman–Crippen LogP) is 4.16. The molecule has 0 unspecified atom stereocenters. The van der Waals surface area contributed by atoms with E-state index in [9.17, 15) is 10.1 Å². The smallest absolute Gasteiger partial charge is 0.261 e. The van der Waals surface area contributed by atoms with Gasteiger partial charge in [0, 0.05) is 6.54 Å². The summed E-state index contributed by atoms with van der Waals surface area (Å²) in [5, 5.41) is 12.3. The second kappa shape index (κ2) is 12.9. The van der Waals surface area contributed by atoms with Gasteiger partial charge in [0.15, 0.2) is 23.0 Å². The van der Waals surface area contributed by atoms with E-state index < -0.39 is 5.91 Å². The molecule has 32 heavy (non-hydrogen) atoms. The lowest BCUT2D eigenvalue weighted by atomic mass is 10.1. The van der Waals surface area contributed by atoms with Crippen molar-refractivity contribution in [3.8, 4) is 29.1 Å². The molecule has 0 saturated heterocycles. The number of carbonyl (C=O) groups is 1. The molecular formula is C25H30N2O5. The molecule has 2 aromatic rings. The Morgan fingerprint density at radius 1 is 1.00 bits per heavy atom. The highest BCUT2D eigenvalue weighted by Gasteiger charge is 2.11. The van der Waals surface area contributed by atoms with Gasteiger partial charge < -0.3 is 24.3 Å². The summed E-state index contributed by atoms with van der Waals surface area (Å²) >= 11 is 0. The van der Waals surface area contributed by atoms with E-state index in [1.165, 1.54) is 6.08 Å². The van der Waals surface area contributed by atoms with Gasteiger partial charge in [-0.2, -0.15) is 5.26 Å². The third kappa shape index (κ3) is 6.95. The van der Waals surface area contributed by atoms with Crippen LogP contribution < -0.4 is 24.3 Å². The van der Waals surface area contributed by atoms with Crippen LogP contribution in [0.2, 0.25) is 0 Å². The Kier molecular flexibility index (Phi) is 9.92. The van der Waals surface area contributed by atoms with Gasteiger partial charge in [0.25, 0.3) is 5.91 Å². The standard InChI is InChI=1S/C25H30N2O5/c1-5-13-32-22-10-8-19(16-24(22)31-6-2)14-20(17-26)25(28)27-12-11-18-7-9-21(29-3)23(15-18)30-4/h7-10,14-16H,5-6,11-13H2,1-4H3,(H,27,28)/b20-14-. The van der Waals surface area contributed by atoms with Crippen LogP contribution in [0.1, 0.15) is 31.4 Å². The van der Waals surface area contributed by atoms with E-state index in [1.807, 2.05) is 38.1 Å². The van der Waals surface area contributed by atoms with Gasteiger partial charge in [-0.05, 0) is 61.2 Å². The second-order valence-corrected chi connectivity index (χ2v) is 6.85. The summed E-state index contributed by atoms with van der Waals surface area (Å²) in [6.07, 6.45) is 3.01. The molecule has 0 aromatic heterocycles. The zero-order chi connectivity index (χ0) is 23.3. The predicted molar refractivity (Wildman–Crippen MR) is 123 cm³/mol. The average molecular weight is 439 g/mol. The molecule has 2 rings (SSSR count). The van der Waals surface area contributed by atoms with E-state index in [4.69, 9.17) is 18.9 Å². The fraction of sp³-hybridized carbons (Fsp3) is 0.360. The fourth-order valence-electron chi connectivity index (χ4n) is 2.98. The molecule has 2 aromatic carbocycles. The van der Waals surface area contributed by atoms with Crippen LogP contribution in [0.15, 0.2) is 42.0 Å². The lowest BCUT2D eigenvalue weighted by molar-refractivity contribution is -0.117. The largest absolute Gasteiger partial charge is 0.493 e.